The van der Waals surface area contributed by atoms with E-state index in [1.54, 1.807) is 6.92 Å². The topological polar surface area (TPSA) is 58.6 Å². The summed E-state index contributed by atoms with van der Waals surface area (Å²) in [5.41, 5.74) is 0.463. The van der Waals surface area contributed by atoms with Crippen LogP contribution in [0.15, 0.2) is 53.0 Å². The van der Waals surface area contributed by atoms with Crippen molar-refractivity contribution in [1.29, 1.82) is 0 Å². The van der Waals surface area contributed by atoms with Crippen molar-refractivity contribution in [3.63, 3.8) is 0 Å². The SMILES string of the molecule is C[C@@H](C(=O)NC(C)(C)C)N(Cc1cccc(Br)c1)C(=O)COc1ccc(F)cc1. The molecule has 0 heterocycles. The number of carbonyl (C=O) groups is 2. The maximum absolute atomic E-state index is 13.0. The monoisotopic (exact) mass is 464 g/mol. The number of benzene rings is 2. The van der Waals surface area contributed by atoms with E-state index in [9.17, 15) is 14.0 Å². The Morgan fingerprint density at radius 2 is 1.83 bits per heavy atom. The van der Waals surface area contributed by atoms with Gasteiger partial charge in [-0.2, -0.15) is 0 Å². The van der Waals surface area contributed by atoms with Gasteiger partial charge in [-0.15, -0.1) is 0 Å². The van der Waals surface area contributed by atoms with Crippen LogP contribution in [0.25, 0.3) is 0 Å². The van der Waals surface area contributed by atoms with Crippen LogP contribution in [0.2, 0.25) is 0 Å². The van der Waals surface area contributed by atoms with Crippen molar-refractivity contribution in [3.8, 4) is 5.75 Å². The summed E-state index contributed by atoms with van der Waals surface area (Å²) >= 11 is 3.42. The maximum atomic E-state index is 13.0. The quantitative estimate of drug-likeness (QED) is 0.664. The van der Waals surface area contributed by atoms with E-state index in [2.05, 4.69) is 21.2 Å². The van der Waals surface area contributed by atoms with Crippen LogP contribution in [0.3, 0.4) is 0 Å². The Bertz CT molecular complexity index is 850. The van der Waals surface area contributed by atoms with Crippen LogP contribution in [0.1, 0.15) is 33.3 Å². The zero-order valence-electron chi connectivity index (χ0n) is 17.0. The lowest BCUT2D eigenvalue weighted by Crippen LogP contribution is -2.53. The zero-order chi connectivity index (χ0) is 21.6. The number of nitrogens with one attached hydrogen (secondary N) is 1. The molecule has 2 amide bonds. The molecule has 1 N–H and O–H groups in total. The highest BCUT2D eigenvalue weighted by atomic mass is 79.9. The Balaban J connectivity index is 2.16. The first-order valence-electron chi connectivity index (χ1n) is 9.29. The molecule has 156 valence electrons. The van der Waals surface area contributed by atoms with Gasteiger partial charge in [0.15, 0.2) is 6.61 Å². The van der Waals surface area contributed by atoms with Gasteiger partial charge >= 0.3 is 0 Å². The summed E-state index contributed by atoms with van der Waals surface area (Å²) in [5.74, 6) is -0.588. The van der Waals surface area contributed by atoms with Gasteiger partial charge < -0.3 is 15.0 Å². The van der Waals surface area contributed by atoms with Crippen LogP contribution in [0.5, 0.6) is 5.75 Å². The van der Waals surface area contributed by atoms with Crippen molar-refractivity contribution < 1.29 is 18.7 Å². The molecule has 2 rings (SSSR count). The molecule has 2 aromatic rings. The molecule has 0 aliphatic rings. The third-order valence-corrected chi connectivity index (χ3v) is 4.58. The fourth-order valence-corrected chi connectivity index (χ4v) is 3.09. The molecule has 0 unspecified atom stereocenters. The molecule has 2 aromatic carbocycles. The molecule has 0 saturated heterocycles. The number of carbonyl (C=O) groups excluding carboxylic acids is 2. The van der Waals surface area contributed by atoms with Gasteiger partial charge in [0, 0.05) is 16.6 Å². The van der Waals surface area contributed by atoms with Crippen molar-refractivity contribution in [2.75, 3.05) is 6.61 Å². The molecule has 1 atom stereocenters. The molecule has 5 nitrogen and oxygen atoms in total. The first kappa shape index (κ1) is 22.9. The van der Waals surface area contributed by atoms with Crippen molar-refractivity contribution in [2.24, 2.45) is 0 Å². The number of halogens is 2. The molecule has 0 spiro atoms. The standard InChI is InChI=1S/C22H26BrFN2O3/c1-15(21(28)25-22(2,3)4)26(13-16-6-5-7-17(23)12-16)20(27)14-29-19-10-8-18(24)9-11-19/h5-12,15H,13-14H2,1-4H3,(H,25,28)/t15-/m0/s1. The lowest BCUT2D eigenvalue weighted by atomic mass is 10.1. The fourth-order valence-electron chi connectivity index (χ4n) is 2.65. The van der Waals surface area contributed by atoms with Crippen LogP contribution >= 0.6 is 15.9 Å². The van der Waals surface area contributed by atoms with Gasteiger partial charge in [0.25, 0.3) is 5.91 Å². The summed E-state index contributed by atoms with van der Waals surface area (Å²) in [7, 11) is 0. The van der Waals surface area contributed by atoms with Crippen molar-refractivity contribution >= 4 is 27.7 Å². The molecule has 0 radical (unpaired) electrons. The molecular formula is C22H26BrFN2O3. The second-order valence-corrected chi connectivity index (χ2v) is 8.73. The Hall–Kier alpha value is -2.41. The van der Waals surface area contributed by atoms with E-state index in [0.29, 0.717) is 5.75 Å². The number of ether oxygens (including phenoxy) is 1. The molecule has 0 bridgehead atoms. The Labute approximate surface area is 179 Å². The summed E-state index contributed by atoms with van der Waals surface area (Å²) in [4.78, 5) is 27.1. The van der Waals surface area contributed by atoms with Gasteiger partial charge in [-0.05, 0) is 69.7 Å². The number of nitrogens with zero attached hydrogens (tertiary/aromatic N) is 1. The summed E-state index contributed by atoms with van der Waals surface area (Å²) in [5, 5.41) is 2.91. The van der Waals surface area contributed by atoms with Gasteiger partial charge in [0.1, 0.15) is 17.6 Å². The van der Waals surface area contributed by atoms with E-state index >= 15 is 0 Å². The highest BCUT2D eigenvalue weighted by Crippen LogP contribution is 2.17. The largest absolute Gasteiger partial charge is 0.484 e. The molecule has 0 aliphatic carbocycles. The molecular weight excluding hydrogens is 439 g/mol. The van der Waals surface area contributed by atoms with Crippen LogP contribution in [0, 0.1) is 5.82 Å². The van der Waals surface area contributed by atoms with E-state index in [1.807, 2.05) is 45.0 Å². The smallest absolute Gasteiger partial charge is 0.261 e. The Morgan fingerprint density at radius 1 is 1.17 bits per heavy atom. The van der Waals surface area contributed by atoms with Gasteiger partial charge in [0.2, 0.25) is 5.91 Å². The van der Waals surface area contributed by atoms with E-state index in [1.165, 1.54) is 29.2 Å². The molecule has 0 fully saturated rings. The maximum Gasteiger partial charge on any atom is 0.261 e. The normalized spacial score (nSPS) is 12.2. The van der Waals surface area contributed by atoms with Crippen molar-refractivity contribution in [3.05, 3.63) is 64.4 Å². The van der Waals surface area contributed by atoms with E-state index in [4.69, 9.17) is 4.74 Å². The van der Waals surface area contributed by atoms with E-state index in [-0.39, 0.29) is 30.8 Å². The van der Waals surface area contributed by atoms with Crippen LogP contribution in [-0.4, -0.2) is 34.9 Å². The summed E-state index contributed by atoms with van der Waals surface area (Å²) < 4.78 is 19.4. The average molecular weight is 465 g/mol. The molecule has 29 heavy (non-hydrogen) atoms. The first-order valence-corrected chi connectivity index (χ1v) is 10.1. The van der Waals surface area contributed by atoms with Crippen LogP contribution in [-0.2, 0) is 16.1 Å². The lowest BCUT2D eigenvalue weighted by Gasteiger charge is -2.31. The van der Waals surface area contributed by atoms with Crippen LogP contribution in [0.4, 0.5) is 4.39 Å². The van der Waals surface area contributed by atoms with Crippen molar-refractivity contribution in [2.45, 2.75) is 45.8 Å². The minimum atomic E-state index is -0.697. The second-order valence-electron chi connectivity index (χ2n) is 7.81. The number of hydrogen-bond donors (Lipinski definition) is 1. The summed E-state index contributed by atoms with van der Waals surface area (Å²) in [6.07, 6.45) is 0. The minimum absolute atomic E-state index is 0.248. The Kier molecular flexibility index (Phi) is 7.79. The Morgan fingerprint density at radius 3 is 2.41 bits per heavy atom. The highest BCUT2D eigenvalue weighted by molar-refractivity contribution is 9.10. The van der Waals surface area contributed by atoms with E-state index in [0.717, 1.165) is 10.0 Å². The predicted molar refractivity (Wildman–Crippen MR) is 114 cm³/mol. The number of hydrogen-bond acceptors (Lipinski definition) is 3. The summed E-state index contributed by atoms with van der Waals surface area (Å²) in [6.45, 7) is 7.34. The van der Waals surface area contributed by atoms with Gasteiger partial charge in [-0.25, -0.2) is 4.39 Å². The number of rotatable bonds is 7. The minimum Gasteiger partial charge on any atom is -0.484 e. The molecule has 0 aliphatic heterocycles. The first-order chi connectivity index (χ1) is 13.5. The third kappa shape index (κ3) is 7.49. The lowest BCUT2D eigenvalue weighted by molar-refractivity contribution is -0.142. The number of amides is 2. The molecule has 0 aromatic heterocycles. The third-order valence-electron chi connectivity index (χ3n) is 4.08. The predicted octanol–water partition coefficient (Wildman–Crippen LogP) is 4.30. The van der Waals surface area contributed by atoms with Gasteiger partial charge in [0.05, 0.1) is 0 Å². The van der Waals surface area contributed by atoms with Gasteiger partial charge in [-0.3, -0.25) is 9.59 Å². The van der Waals surface area contributed by atoms with E-state index < -0.39 is 11.6 Å². The summed E-state index contributed by atoms with van der Waals surface area (Å²) in [6, 6.07) is 12.3. The molecule has 7 heteroatoms. The highest BCUT2D eigenvalue weighted by Gasteiger charge is 2.28. The van der Waals surface area contributed by atoms with Gasteiger partial charge in [-0.1, -0.05) is 28.1 Å². The molecule has 0 saturated carbocycles. The van der Waals surface area contributed by atoms with Crippen molar-refractivity contribution in [1.82, 2.24) is 10.2 Å². The fraction of sp³-hybridized carbons (Fsp3) is 0.364. The second kappa shape index (κ2) is 9.87. The van der Waals surface area contributed by atoms with Crippen LogP contribution < -0.4 is 10.1 Å². The zero-order valence-corrected chi connectivity index (χ0v) is 18.6. The average Bonchev–Trinajstić information content (AvgIpc) is 2.63.